The SMILES string of the molecule is COc1ccc([C@@H]2c3sc(=O)n(CC(=O)Nc4ccc(S(N)(=O)=O)cc4)c3S[C@@H]3C(=O)N(c4cccc(C(F)(F)F)c4)C(=O)[C@H]23)cc1. The number of hydrogen-bond acceptors (Lipinski definition) is 9. The fraction of sp³-hybridized carbons (Fsp3) is 0.200. The summed E-state index contributed by atoms with van der Waals surface area (Å²) in [6.45, 7) is -0.485. The minimum Gasteiger partial charge on any atom is -0.497 e. The quantitative estimate of drug-likeness (QED) is 0.273. The summed E-state index contributed by atoms with van der Waals surface area (Å²) in [6.07, 6.45) is -4.71. The van der Waals surface area contributed by atoms with E-state index >= 15 is 0 Å². The summed E-state index contributed by atoms with van der Waals surface area (Å²) in [7, 11) is -2.48. The lowest BCUT2D eigenvalue weighted by Gasteiger charge is -2.30. The van der Waals surface area contributed by atoms with E-state index in [1.807, 2.05) is 0 Å². The number of methoxy groups -OCH3 is 1. The number of thiazole rings is 1. The number of benzene rings is 3. The topological polar surface area (TPSA) is 158 Å². The highest BCUT2D eigenvalue weighted by molar-refractivity contribution is 8.00. The summed E-state index contributed by atoms with van der Waals surface area (Å²) < 4.78 is 70.1. The first-order valence-corrected chi connectivity index (χ1v) is 16.9. The van der Waals surface area contributed by atoms with Gasteiger partial charge in [0.05, 0.1) is 34.2 Å². The fourth-order valence-electron chi connectivity index (χ4n) is 5.57. The number of carbonyl (C=O) groups excluding carboxylic acids is 3. The van der Waals surface area contributed by atoms with Crippen LogP contribution in [0.3, 0.4) is 0 Å². The van der Waals surface area contributed by atoms with Crippen molar-refractivity contribution in [3.63, 3.8) is 0 Å². The van der Waals surface area contributed by atoms with Crippen molar-refractivity contribution in [2.75, 3.05) is 17.3 Å². The first-order valence-electron chi connectivity index (χ1n) is 13.7. The molecule has 0 bridgehead atoms. The molecule has 244 valence electrons. The van der Waals surface area contributed by atoms with Crippen LogP contribution in [0.5, 0.6) is 5.75 Å². The van der Waals surface area contributed by atoms with Gasteiger partial charge in [-0.25, -0.2) is 18.5 Å². The molecule has 11 nitrogen and oxygen atoms in total. The fourth-order valence-corrected chi connectivity index (χ4v) is 8.86. The molecule has 3 atom stereocenters. The molecule has 1 aromatic heterocycles. The highest BCUT2D eigenvalue weighted by Crippen LogP contribution is 2.54. The number of alkyl halides is 3. The number of sulfonamides is 1. The van der Waals surface area contributed by atoms with Gasteiger partial charge in [0.2, 0.25) is 27.7 Å². The molecule has 17 heteroatoms. The maximum absolute atomic E-state index is 14.0. The minimum absolute atomic E-state index is 0.163. The number of imide groups is 1. The van der Waals surface area contributed by atoms with Crippen molar-refractivity contribution < 1.29 is 40.7 Å². The van der Waals surface area contributed by atoms with E-state index in [2.05, 4.69) is 5.32 Å². The second kappa shape index (κ2) is 12.0. The van der Waals surface area contributed by atoms with Gasteiger partial charge in [0, 0.05) is 16.5 Å². The number of nitrogens with two attached hydrogens (primary N) is 1. The molecule has 3 aromatic carbocycles. The Balaban J connectivity index is 1.38. The minimum atomic E-state index is -4.71. The second-order valence-electron chi connectivity index (χ2n) is 10.6. The number of amides is 3. The monoisotopic (exact) mass is 704 g/mol. The van der Waals surface area contributed by atoms with Crippen molar-refractivity contribution >= 4 is 62.2 Å². The number of hydrogen-bond donors (Lipinski definition) is 2. The summed E-state index contributed by atoms with van der Waals surface area (Å²) in [5.74, 6) is -3.51. The molecule has 0 aliphatic carbocycles. The molecule has 1 saturated heterocycles. The summed E-state index contributed by atoms with van der Waals surface area (Å²) in [4.78, 5) is 54.7. The third kappa shape index (κ3) is 6.06. The molecular formula is C30H23F3N4O7S3. The van der Waals surface area contributed by atoms with Gasteiger partial charge >= 0.3 is 11.0 Å². The largest absolute Gasteiger partial charge is 0.497 e. The lowest BCUT2D eigenvalue weighted by atomic mass is 9.83. The molecule has 3 amide bonds. The molecule has 0 spiro atoms. The smallest absolute Gasteiger partial charge is 0.416 e. The molecule has 1 fully saturated rings. The van der Waals surface area contributed by atoms with E-state index in [1.165, 1.54) is 42.0 Å². The highest BCUT2D eigenvalue weighted by atomic mass is 32.2. The van der Waals surface area contributed by atoms with E-state index in [4.69, 9.17) is 9.88 Å². The average Bonchev–Trinajstić information content (AvgIpc) is 3.46. The van der Waals surface area contributed by atoms with Gasteiger partial charge in [0.15, 0.2) is 0 Å². The van der Waals surface area contributed by atoms with Crippen LogP contribution in [0.4, 0.5) is 24.5 Å². The van der Waals surface area contributed by atoms with Crippen LogP contribution in [0, 0.1) is 5.92 Å². The Labute approximate surface area is 273 Å². The molecule has 0 unspecified atom stereocenters. The molecule has 0 saturated carbocycles. The number of fused-ring (bicyclic) bond motifs is 2. The van der Waals surface area contributed by atoms with E-state index in [1.54, 1.807) is 24.3 Å². The van der Waals surface area contributed by atoms with Gasteiger partial charge in [-0.05, 0) is 60.2 Å². The molecule has 2 aliphatic heterocycles. The van der Waals surface area contributed by atoms with E-state index in [0.29, 0.717) is 16.2 Å². The van der Waals surface area contributed by atoms with Gasteiger partial charge in [-0.1, -0.05) is 41.3 Å². The number of anilines is 2. The van der Waals surface area contributed by atoms with Crippen LogP contribution < -0.4 is 25.0 Å². The lowest BCUT2D eigenvalue weighted by molar-refractivity contribution is -0.137. The van der Waals surface area contributed by atoms with Gasteiger partial charge in [-0.3, -0.25) is 23.7 Å². The van der Waals surface area contributed by atoms with Crippen molar-refractivity contribution in [2.45, 2.75) is 33.8 Å². The Morgan fingerprint density at radius 1 is 1.00 bits per heavy atom. The number of ether oxygens (including phenoxy) is 1. The Morgan fingerprint density at radius 3 is 2.30 bits per heavy atom. The Bertz CT molecular complexity index is 2080. The maximum atomic E-state index is 14.0. The lowest BCUT2D eigenvalue weighted by Crippen LogP contribution is -2.33. The van der Waals surface area contributed by atoms with Crippen LogP contribution >= 0.6 is 23.1 Å². The Kier molecular flexibility index (Phi) is 8.27. The van der Waals surface area contributed by atoms with E-state index in [0.717, 1.165) is 46.2 Å². The van der Waals surface area contributed by atoms with Crippen LogP contribution in [0.1, 0.15) is 21.9 Å². The normalized spacial score (nSPS) is 19.3. The first kappa shape index (κ1) is 32.5. The first-order chi connectivity index (χ1) is 22.2. The second-order valence-corrected chi connectivity index (χ2v) is 14.3. The van der Waals surface area contributed by atoms with Crippen molar-refractivity contribution in [1.82, 2.24) is 4.57 Å². The van der Waals surface area contributed by atoms with Gasteiger partial charge in [-0.2, -0.15) is 13.2 Å². The molecule has 2 aliphatic rings. The third-order valence-corrected chi connectivity index (χ3v) is 11.3. The van der Waals surface area contributed by atoms with Gasteiger partial charge in [-0.15, -0.1) is 0 Å². The molecule has 6 rings (SSSR count). The summed E-state index contributed by atoms with van der Waals surface area (Å²) in [6, 6.07) is 15.7. The van der Waals surface area contributed by atoms with Gasteiger partial charge in [0.1, 0.15) is 17.5 Å². The standard InChI is InChI=1S/C30H23F3N4O7S3/c1-44-19-9-5-15(6-10-19)22-23-24(27(40)37(26(23)39)18-4-2-3-16(13-18)30(31,32)33)45-28-25(22)46-29(41)36(28)14-21(38)35-17-7-11-20(12-8-17)47(34,42)43/h2-13,22-24H,14H2,1H3,(H,35,38)(H2,34,42,43)/t22-,23+,24-/m0/s1. The Hall–Kier alpha value is -4.45. The van der Waals surface area contributed by atoms with Crippen LogP contribution in [-0.2, 0) is 37.1 Å². The van der Waals surface area contributed by atoms with E-state index in [-0.39, 0.29) is 21.3 Å². The van der Waals surface area contributed by atoms with Crippen molar-refractivity contribution in [3.05, 3.63) is 98.5 Å². The highest BCUT2D eigenvalue weighted by Gasteiger charge is 2.57. The van der Waals surface area contributed by atoms with E-state index < -0.39 is 68.0 Å². The number of primary sulfonamides is 1. The zero-order valence-corrected chi connectivity index (χ0v) is 26.5. The molecule has 3 N–H and O–H groups in total. The zero-order chi connectivity index (χ0) is 33.8. The molecule has 3 heterocycles. The molecular weight excluding hydrogens is 682 g/mol. The van der Waals surface area contributed by atoms with Crippen molar-refractivity contribution in [3.8, 4) is 5.75 Å². The van der Waals surface area contributed by atoms with Crippen LogP contribution in [-0.4, -0.2) is 43.1 Å². The number of rotatable bonds is 7. The summed E-state index contributed by atoms with van der Waals surface area (Å²) in [5, 5.41) is 6.85. The number of thioether (sulfide) groups is 1. The predicted octanol–water partition coefficient (Wildman–Crippen LogP) is 4.02. The summed E-state index contributed by atoms with van der Waals surface area (Å²) in [5.41, 5.74) is -0.464. The maximum Gasteiger partial charge on any atom is 0.416 e. The molecule has 4 aromatic rings. The van der Waals surface area contributed by atoms with Crippen molar-refractivity contribution in [2.24, 2.45) is 11.1 Å². The number of carbonyl (C=O) groups is 3. The van der Waals surface area contributed by atoms with Gasteiger partial charge < -0.3 is 10.1 Å². The predicted molar refractivity (Wildman–Crippen MR) is 167 cm³/mol. The van der Waals surface area contributed by atoms with Crippen LogP contribution in [0.15, 0.2) is 87.5 Å². The van der Waals surface area contributed by atoms with E-state index in [9.17, 15) is 40.8 Å². The number of nitrogens with one attached hydrogen (secondary N) is 1. The number of aromatic nitrogens is 1. The Morgan fingerprint density at radius 2 is 1.68 bits per heavy atom. The third-order valence-electron chi connectivity index (χ3n) is 7.72. The number of nitrogens with zero attached hydrogens (tertiary/aromatic N) is 2. The summed E-state index contributed by atoms with van der Waals surface area (Å²) >= 11 is 1.71. The molecule has 0 radical (unpaired) electrons. The number of halogens is 3. The zero-order valence-electron chi connectivity index (χ0n) is 24.1. The molecule has 47 heavy (non-hydrogen) atoms. The van der Waals surface area contributed by atoms with Crippen LogP contribution in [0.25, 0.3) is 0 Å². The van der Waals surface area contributed by atoms with Gasteiger partial charge in [0.25, 0.3) is 0 Å². The van der Waals surface area contributed by atoms with Crippen LogP contribution in [0.2, 0.25) is 0 Å². The average molecular weight is 705 g/mol. The van der Waals surface area contributed by atoms with Crippen molar-refractivity contribution in [1.29, 1.82) is 0 Å².